The summed E-state index contributed by atoms with van der Waals surface area (Å²) in [6.45, 7) is 3.17. The molecule has 0 spiro atoms. The topological polar surface area (TPSA) is 60.1 Å². The smallest absolute Gasteiger partial charge is 0.287 e. The van der Waals surface area contributed by atoms with Crippen molar-refractivity contribution in [3.05, 3.63) is 40.5 Å². The van der Waals surface area contributed by atoms with Crippen molar-refractivity contribution in [2.24, 2.45) is 0 Å². The lowest BCUT2D eigenvalue weighted by Crippen LogP contribution is -2.24. The van der Waals surface area contributed by atoms with Crippen LogP contribution in [0.5, 0.6) is 0 Å². The lowest BCUT2D eigenvalue weighted by Gasteiger charge is -2.06. The third kappa shape index (κ3) is 2.58. The standard InChI is InChI=1S/C11H12BrN3O2/c1-2-15-9(8(12)6-14-15)7-13-11(16)10-4-3-5-17-10/h3-6H,2,7H2,1H3,(H,13,16). The molecule has 0 aliphatic rings. The van der Waals surface area contributed by atoms with Gasteiger partial charge in [0.25, 0.3) is 5.91 Å². The van der Waals surface area contributed by atoms with Gasteiger partial charge in [0.2, 0.25) is 0 Å². The number of amides is 1. The highest BCUT2D eigenvalue weighted by atomic mass is 79.9. The first-order chi connectivity index (χ1) is 8.22. The number of carbonyl (C=O) groups is 1. The summed E-state index contributed by atoms with van der Waals surface area (Å²) < 4.78 is 7.72. The second kappa shape index (κ2) is 5.18. The molecule has 17 heavy (non-hydrogen) atoms. The molecule has 5 nitrogen and oxygen atoms in total. The van der Waals surface area contributed by atoms with Gasteiger partial charge in [-0.15, -0.1) is 0 Å². The van der Waals surface area contributed by atoms with Crippen LogP contribution >= 0.6 is 15.9 Å². The number of halogens is 1. The molecular weight excluding hydrogens is 286 g/mol. The Morgan fingerprint density at radius 3 is 3.12 bits per heavy atom. The van der Waals surface area contributed by atoms with E-state index in [0.29, 0.717) is 12.3 Å². The molecule has 0 saturated carbocycles. The third-order valence-corrected chi connectivity index (χ3v) is 3.02. The van der Waals surface area contributed by atoms with Gasteiger partial charge in [0.15, 0.2) is 5.76 Å². The molecule has 2 aromatic heterocycles. The number of aryl methyl sites for hydroxylation is 1. The normalized spacial score (nSPS) is 10.5. The van der Waals surface area contributed by atoms with Crippen LogP contribution in [-0.2, 0) is 13.1 Å². The van der Waals surface area contributed by atoms with Gasteiger partial charge < -0.3 is 9.73 Å². The van der Waals surface area contributed by atoms with Crippen LogP contribution in [0, 0.1) is 0 Å². The third-order valence-electron chi connectivity index (χ3n) is 2.36. The van der Waals surface area contributed by atoms with E-state index in [9.17, 15) is 4.79 Å². The van der Waals surface area contributed by atoms with E-state index >= 15 is 0 Å². The maximum atomic E-state index is 11.7. The zero-order chi connectivity index (χ0) is 12.3. The lowest BCUT2D eigenvalue weighted by molar-refractivity contribution is 0.0922. The van der Waals surface area contributed by atoms with Gasteiger partial charge in [0.1, 0.15) is 0 Å². The van der Waals surface area contributed by atoms with E-state index in [1.807, 2.05) is 11.6 Å². The van der Waals surface area contributed by atoms with Crippen LogP contribution < -0.4 is 5.32 Å². The summed E-state index contributed by atoms with van der Waals surface area (Å²) in [6.07, 6.45) is 3.19. The number of nitrogens with one attached hydrogen (secondary N) is 1. The fourth-order valence-corrected chi connectivity index (χ4v) is 1.93. The number of aromatic nitrogens is 2. The summed E-state index contributed by atoms with van der Waals surface area (Å²) >= 11 is 3.40. The largest absolute Gasteiger partial charge is 0.459 e. The second-order valence-corrected chi connectivity index (χ2v) is 4.27. The number of hydrogen-bond donors (Lipinski definition) is 1. The lowest BCUT2D eigenvalue weighted by atomic mass is 10.4. The average molecular weight is 298 g/mol. The number of hydrogen-bond acceptors (Lipinski definition) is 3. The molecule has 0 saturated heterocycles. The van der Waals surface area contributed by atoms with Gasteiger partial charge in [-0.25, -0.2) is 0 Å². The van der Waals surface area contributed by atoms with Gasteiger partial charge in [-0.05, 0) is 35.0 Å². The van der Waals surface area contributed by atoms with Gasteiger partial charge in [-0.2, -0.15) is 5.10 Å². The Balaban J connectivity index is 2.02. The van der Waals surface area contributed by atoms with Crippen molar-refractivity contribution < 1.29 is 9.21 Å². The molecule has 0 bridgehead atoms. The zero-order valence-corrected chi connectivity index (χ0v) is 10.9. The van der Waals surface area contributed by atoms with Crippen molar-refractivity contribution >= 4 is 21.8 Å². The Kier molecular flexibility index (Phi) is 3.63. The maximum absolute atomic E-state index is 11.7. The van der Waals surface area contributed by atoms with Crippen LogP contribution in [0.3, 0.4) is 0 Å². The van der Waals surface area contributed by atoms with Crippen LogP contribution in [0.25, 0.3) is 0 Å². The molecule has 0 atom stereocenters. The predicted octanol–water partition coefficient (Wildman–Crippen LogP) is 2.19. The van der Waals surface area contributed by atoms with Gasteiger partial charge in [0, 0.05) is 6.54 Å². The number of furan rings is 1. The molecule has 0 aromatic carbocycles. The van der Waals surface area contributed by atoms with Gasteiger partial charge >= 0.3 is 0 Å². The van der Waals surface area contributed by atoms with E-state index in [0.717, 1.165) is 16.7 Å². The molecule has 90 valence electrons. The van der Waals surface area contributed by atoms with Crippen molar-refractivity contribution in [2.75, 3.05) is 0 Å². The van der Waals surface area contributed by atoms with Gasteiger partial charge in [-0.3, -0.25) is 9.48 Å². The van der Waals surface area contributed by atoms with Crippen molar-refractivity contribution in [3.8, 4) is 0 Å². The molecule has 2 rings (SSSR count). The Labute approximate surface area is 107 Å². The zero-order valence-electron chi connectivity index (χ0n) is 9.31. The Morgan fingerprint density at radius 1 is 1.65 bits per heavy atom. The molecule has 6 heteroatoms. The molecule has 2 heterocycles. The van der Waals surface area contributed by atoms with Crippen LogP contribution in [0.4, 0.5) is 0 Å². The molecule has 0 aliphatic carbocycles. The first-order valence-electron chi connectivity index (χ1n) is 5.24. The van der Waals surface area contributed by atoms with E-state index in [4.69, 9.17) is 4.42 Å². The Bertz CT molecular complexity index is 505. The monoisotopic (exact) mass is 297 g/mol. The highest BCUT2D eigenvalue weighted by molar-refractivity contribution is 9.10. The molecular formula is C11H12BrN3O2. The van der Waals surface area contributed by atoms with E-state index in [1.54, 1.807) is 18.3 Å². The summed E-state index contributed by atoms with van der Waals surface area (Å²) in [7, 11) is 0. The summed E-state index contributed by atoms with van der Waals surface area (Å²) in [5, 5.41) is 6.95. The van der Waals surface area contributed by atoms with Crippen LogP contribution in [0.15, 0.2) is 33.5 Å². The minimum absolute atomic E-state index is 0.231. The summed E-state index contributed by atoms with van der Waals surface area (Å²) in [6, 6.07) is 3.31. The number of rotatable bonds is 4. The summed E-state index contributed by atoms with van der Waals surface area (Å²) in [4.78, 5) is 11.7. The quantitative estimate of drug-likeness (QED) is 0.941. The van der Waals surface area contributed by atoms with Crippen molar-refractivity contribution in [1.82, 2.24) is 15.1 Å². The van der Waals surface area contributed by atoms with Crippen LogP contribution in [0.1, 0.15) is 23.2 Å². The maximum Gasteiger partial charge on any atom is 0.287 e. The highest BCUT2D eigenvalue weighted by Gasteiger charge is 2.11. The minimum atomic E-state index is -0.231. The first-order valence-corrected chi connectivity index (χ1v) is 6.03. The van der Waals surface area contributed by atoms with Crippen molar-refractivity contribution in [1.29, 1.82) is 0 Å². The van der Waals surface area contributed by atoms with E-state index in [1.165, 1.54) is 6.26 Å². The predicted molar refractivity (Wildman–Crippen MR) is 65.5 cm³/mol. The Morgan fingerprint density at radius 2 is 2.47 bits per heavy atom. The molecule has 1 N–H and O–H groups in total. The first kappa shape index (κ1) is 11.9. The molecule has 0 unspecified atom stereocenters. The van der Waals surface area contributed by atoms with Crippen LogP contribution in [0.2, 0.25) is 0 Å². The molecule has 0 fully saturated rings. The summed E-state index contributed by atoms with van der Waals surface area (Å²) in [5.74, 6) is 0.0782. The SMILES string of the molecule is CCn1ncc(Br)c1CNC(=O)c1ccco1. The highest BCUT2D eigenvalue weighted by Crippen LogP contribution is 2.15. The fourth-order valence-electron chi connectivity index (χ4n) is 1.49. The molecule has 2 aromatic rings. The van der Waals surface area contributed by atoms with E-state index < -0.39 is 0 Å². The van der Waals surface area contributed by atoms with E-state index in [2.05, 4.69) is 26.3 Å². The van der Waals surface area contributed by atoms with E-state index in [-0.39, 0.29) is 5.91 Å². The van der Waals surface area contributed by atoms with Crippen molar-refractivity contribution in [3.63, 3.8) is 0 Å². The fraction of sp³-hybridized carbons (Fsp3) is 0.273. The average Bonchev–Trinajstić information content (AvgIpc) is 2.95. The minimum Gasteiger partial charge on any atom is -0.459 e. The summed E-state index contributed by atoms with van der Waals surface area (Å²) in [5.41, 5.74) is 0.937. The van der Waals surface area contributed by atoms with Crippen molar-refractivity contribution in [2.45, 2.75) is 20.0 Å². The molecule has 0 radical (unpaired) electrons. The van der Waals surface area contributed by atoms with Gasteiger partial charge in [0.05, 0.1) is 29.2 Å². The van der Waals surface area contributed by atoms with Gasteiger partial charge in [-0.1, -0.05) is 0 Å². The second-order valence-electron chi connectivity index (χ2n) is 3.41. The Hall–Kier alpha value is -1.56. The molecule has 0 aliphatic heterocycles. The molecule has 1 amide bonds. The number of nitrogens with zero attached hydrogens (tertiary/aromatic N) is 2. The number of carbonyl (C=O) groups excluding carboxylic acids is 1. The van der Waals surface area contributed by atoms with Crippen LogP contribution in [-0.4, -0.2) is 15.7 Å².